The van der Waals surface area contributed by atoms with Crippen molar-refractivity contribution in [3.05, 3.63) is 72.6 Å². The predicted molar refractivity (Wildman–Crippen MR) is 114 cm³/mol. The molecule has 0 saturated carbocycles. The lowest BCUT2D eigenvalue weighted by atomic mass is 10.2. The highest BCUT2D eigenvalue weighted by molar-refractivity contribution is 5.99. The second-order valence-corrected chi connectivity index (χ2v) is 6.95. The number of halogens is 3. The van der Waals surface area contributed by atoms with Gasteiger partial charge in [0.2, 0.25) is 0 Å². The Kier molecular flexibility index (Phi) is 5.71. The summed E-state index contributed by atoms with van der Waals surface area (Å²) in [6.45, 7) is 1.76. The van der Waals surface area contributed by atoms with Gasteiger partial charge in [-0.2, -0.15) is 18.3 Å². The topological polar surface area (TPSA) is 85.8 Å². The normalized spacial score (nSPS) is 13.0. The molecule has 0 aliphatic carbocycles. The average molecular weight is 440 g/mol. The van der Waals surface area contributed by atoms with Gasteiger partial charge in [-0.05, 0) is 43.3 Å². The molecule has 164 valence electrons. The molecule has 3 heterocycles. The molecular formula is C21H19F3N8. The molecule has 0 fully saturated rings. The fourth-order valence-electron chi connectivity index (χ4n) is 3.08. The minimum Gasteiger partial charge on any atom is -0.383 e. The van der Waals surface area contributed by atoms with Gasteiger partial charge in [0.25, 0.3) is 0 Å². The van der Waals surface area contributed by atoms with Crippen LogP contribution in [0, 0.1) is 0 Å². The molecule has 4 rings (SSSR count). The Labute approximate surface area is 181 Å². The second-order valence-electron chi connectivity index (χ2n) is 6.95. The average Bonchev–Trinajstić information content (AvgIpc) is 3.42. The Bertz CT molecular complexity index is 1280. The van der Waals surface area contributed by atoms with Gasteiger partial charge in [-0.15, -0.1) is 5.10 Å². The van der Waals surface area contributed by atoms with E-state index in [0.717, 1.165) is 35.4 Å². The Hall–Kier alpha value is -4.02. The zero-order valence-electron chi connectivity index (χ0n) is 17.2. The zero-order chi connectivity index (χ0) is 22.7. The fraction of sp³-hybridized carbons (Fsp3) is 0.190. The number of pyridine rings is 1. The van der Waals surface area contributed by atoms with Crippen molar-refractivity contribution in [1.82, 2.24) is 35.1 Å². The number of hydrogen-bond acceptors (Lipinski definition) is 6. The maximum absolute atomic E-state index is 12.8. The molecule has 8 nitrogen and oxygen atoms in total. The van der Waals surface area contributed by atoms with Crippen molar-refractivity contribution in [2.24, 2.45) is 4.99 Å². The summed E-state index contributed by atoms with van der Waals surface area (Å²) in [6, 6.07) is 9.47. The first-order chi connectivity index (χ1) is 15.3. The first kappa shape index (κ1) is 21.2. The van der Waals surface area contributed by atoms with E-state index < -0.39 is 11.9 Å². The van der Waals surface area contributed by atoms with E-state index in [-0.39, 0.29) is 6.54 Å². The van der Waals surface area contributed by atoms with Crippen molar-refractivity contribution >= 4 is 16.6 Å². The van der Waals surface area contributed by atoms with Gasteiger partial charge in [-0.25, -0.2) is 9.36 Å². The highest BCUT2D eigenvalue weighted by Gasteiger charge is 2.33. The highest BCUT2D eigenvalue weighted by Crippen LogP contribution is 2.19. The number of aromatic nitrogens is 6. The van der Waals surface area contributed by atoms with E-state index in [0.29, 0.717) is 11.4 Å². The van der Waals surface area contributed by atoms with Gasteiger partial charge in [-0.3, -0.25) is 9.98 Å². The molecule has 0 atom stereocenters. The Balaban J connectivity index is 1.45. The first-order valence-electron chi connectivity index (χ1n) is 9.61. The second kappa shape index (κ2) is 8.61. The van der Waals surface area contributed by atoms with E-state index in [1.165, 1.54) is 6.92 Å². The number of alkyl halides is 3. The quantitative estimate of drug-likeness (QED) is 0.463. The molecule has 0 amide bonds. The SMILES string of the molecule is CN=C(/C=C(\C)NCc1cn(-c2ccc(-n3ncc4ccncc43)cc2)nn1)C(F)(F)F. The van der Waals surface area contributed by atoms with Gasteiger partial charge < -0.3 is 5.32 Å². The third-order valence-corrected chi connectivity index (χ3v) is 4.71. The molecule has 1 N–H and O–H groups in total. The van der Waals surface area contributed by atoms with Gasteiger partial charge in [0.15, 0.2) is 0 Å². The van der Waals surface area contributed by atoms with Crippen molar-refractivity contribution in [3.63, 3.8) is 0 Å². The molecule has 0 saturated heterocycles. The number of benzene rings is 1. The highest BCUT2D eigenvalue weighted by atomic mass is 19.4. The van der Waals surface area contributed by atoms with Crippen LogP contribution in [0.2, 0.25) is 0 Å². The molecule has 0 unspecified atom stereocenters. The maximum Gasteiger partial charge on any atom is 0.432 e. The molecule has 0 aliphatic rings. The number of hydrogen-bond donors (Lipinski definition) is 1. The summed E-state index contributed by atoms with van der Waals surface area (Å²) in [4.78, 5) is 7.42. The minimum absolute atomic E-state index is 0.224. The summed E-state index contributed by atoms with van der Waals surface area (Å²) < 4.78 is 41.8. The molecule has 0 radical (unpaired) electrons. The summed E-state index contributed by atoms with van der Waals surface area (Å²) in [7, 11) is 1.11. The molecule has 1 aromatic carbocycles. The molecule has 11 heteroatoms. The number of allylic oxidation sites excluding steroid dienone is 2. The van der Waals surface area contributed by atoms with Crippen LogP contribution in [-0.2, 0) is 6.54 Å². The molecule has 4 aromatic rings. The fourth-order valence-corrected chi connectivity index (χ4v) is 3.08. The molecule has 0 bridgehead atoms. The largest absolute Gasteiger partial charge is 0.432 e. The Morgan fingerprint density at radius 3 is 2.59 bits per heavy atom. The van der Waals surface area contributed by atoms with Gasteiger partial charge in [-0.1, -0.05) is 5.21 Å². The summed E-state index contributed by atoms with van der Waals surface area (Å²) in [5.41, 5.74) is 2.51. The summed E-state index contributed by atoms with van der Waals surface area (Å²) in [5, 5.41) is 16.5. The summed E-state index contributed by atoms with van der Waals surface area (Å²) in [5.74, 6) is 0. The zero-order valence-corrected chi connectivity index (χ0v) is 17.2. The van der Waals surface area contributed by atoms with E-state index in [9.17, 15) is 13.2 Å². The third-order valence-electron chi connectivity index (χ3n) is 4.71. The van der Waals surface area contributed by atoms with E-state index >= 15 is 0 Å². The van der Waals surface area contributed by atoms with Crippen molar-refractivity contribution in [2.75, 3.05) is 7.05 Å². The number of fused-ring (bicyclic) bond motifs is 1. The molecule has 32 heavy (non-hydrogen) atoms. The monoisotopic (exact) mass is 440 g/mol. The number of aliphatic imine (C=N–C) groups is 1. The van der Waals surface area contributed by atoms with E-state index in [4.69, 9.17) is 0 Å². The van der Waals surface area contributed by atoms with E-state index in [1.54, 1.807) is 34.2 Å². The first-order valence-corrected chi connectivity index (χ1v) is 9.61. The minimum atomic E-state index is -4.49. The van der Waals surface area contributed by atoms with Gasteiger partial charge in [0, 0.05) is 24.3 Å². The number of rotatable bonds is 6. The lowest BCUT2D eigenvalue weighted by Gasteiger charge is -2.08. The van der Waals surface area contributed by atoms with E-state index in [2.05, 4.69) is 30.7 Å². The number of nitrogens with zero attached hydrogens (tertiary/aromatic N) is 7. The summed E-state index contributed by atoms with van der Waals surface area (Å²) in [6.07, 6.45) is 3.43. The standard InChI is InChI=1S/C21H19F3N8/c1-14(9-20(25-2)21(22,23)24)27-11-16-13-31(30-29-16)17-3-5-18(6-4-17)32-19-12-26-8-7-15(19)10-28-32/h3-10,12-13,27H,11H2,1-2H3/b14-9+,25-20?. The lowest BCUT2D eigenvalue weighted by Crippen LogP contribution is -2.23. The van der Waals surface area contributed by atoms with Crippen molar-refractivity contribution in [3.8, 4) is 11.4 Å². The van der Waals surface area contributed by atoms with Crippen LogP contribution in [0.4, 0.5) is 13.2 Å². The number of nitrogens with one attached hydrogen (secondary N) is 1. The summed E-state index contributed by atoms with van der Waals surface area (Å²) >= 11 is 0. The maximum atomic E-state index is 12.8. The van der Waals surface area contributed by atoms with Gasteiger partial charge >= 0.3 is 6.18 Å². The van der Waals surface area contributed by atoms with Crippen molar-refractivity contribution < 1.29 is 13.2 Å². The third kappa shape index (κ3) is 4.51. The van der Waals surface area contributed by atoms with Crippen LogP contribution in [0.15, 0.2) is 71.9 Å². The van der Waals surface area contributed by atoms with Gasteiger partial charge in [0.1, 0.15) is 11.4 Å². The van der Waals surface area contributed by atoms with Crippen LogP contribution in [0.25, 0.3) is 22.3 Å². The molecule has 0 aliphatic heterocycles. The van der Waals surface area contributed by atoms with Crippen LogP contribution >= 0.6 is 0 Å². The van der Waals surface area contributed by atoms with Gasteiger partial charge in [0.05, 0.1) is 42.0 Å². The van der Waals surface area contributed by atoms with Crippen LogP contribution < -0.4 is 5.32 Å². The van der Waals surface area contributed by atoms with Crippen LogP contribution in [0.3, 0.4) is 0 Å². The van der Waals surface area contributed by atoms with Crippen LogP contribution in [0.5, 0.6) is 0 Å². The van der Waals surface area contributed by atoms with E-state index in [1.807, 2.05) is 30.3 Å². The molecular weight excluding hydrogens is 421 g/mol. The Morgan fingerprint density at radius 1 is 1.12 bits per heavy atom. The lowest BCUT2D eigenvalue weighted by molar-refractivity contribution is -0.0578. The Morgan fingerprint density at radius 2 is 1.88 bits per heavy atom. The smallest absolute Gasteiger partial charge is 0.383 e. The van der Waals surface area contributed by atoms with Crippen LogP contribution in [-0.4, -0.2) is 48.7 Å². The molecule has 3 aromatic heterocycles. The van der Waals surface area contributed by atoms with Crippen LogP contribution in [0.1, 0.15) is 12.6 Å². The predicted octanol–water partition coefficient (Wildman–Crippen LogP) is 3.63. The molecule has 0 spiro atoms. The van der Waals surface area contributed by atoms with Crippen molar-refractivity contribution in [2.45, 2.75) is 19.6 Å². The van der Waals surface area contributed by atoms with Crippen molar-refractivity contribution in [1.29, 1.82) is 0 Å².